The highest BCUT2D eigenvalue weighted by atomic mass is 79.9. The number of amides is 1. The van der Waals surface area contributed by atoms with Crippen LogP contribution in [0.3, 0.4) is 0 Å². The quantitative estimate of drug-likeness (QED) is 0.401. The first kappa shape index (κ1) is 8.11. The maximum Gasteiger partial charge on any atom is 0.312 e. The van der Waals surface area contributed by atoms with Gasteiger partial charge in [0, 0.05) is 6.42 Å². The van der Waals surface area contributed by atoms with Crippen LogP contribution in [0.25, 0.3) is 0 Å². The highest BCUT2D eigenvalue weighted by Gasteiger charge is 2.20. The number of rotatable bonds is 0. The summed E-state index contributed by atoms with van der Waals surface area (Å²) < 4.78 is 0. The van der Waals surface area contributed by atoms with Gasteiger partial charge in [-0.25, -0.2) is 4.79 Å². The molecule has 8 heavy (non-hydrogen) atoms. The molecule has 3 heteroatoms. The predicted octanol–water partition coefficient (Wildman–Crippen LogP) is -4.17. The molecule has 2 nitrogen and oxygen atoms in total. The van der Waals surface area contributed by atoms with E-state index in [1.807, 2.05) is 7.05 Å². The number of hydrogen-bond acceptors (Lipinski definition) is 1. The van der Waals surface area contributed by atoms with Crippen LogP contribution in [0.1, 0.15) is 12.8 Å². The topological polar surface area (TPSA) is 21.5 Å². The zero-order valence-electron chi connectivity index (χ0n) is 4.91. The SMILES string of the molecule is C[NH+]1CCCC1=O.[Br-]. The number of quaternary nitrogens is 1. The van der Waals surface area contributed by atoms with Gasteiger partial charge in [-0.1, -0.05) is 0 Å². The Morgan fingerprint density at radius 2 is 2.25 bits per heavy atom. The van der Waals surface area contributed by atoms with E-state index < -0.39 is 0 Å². The summed E-state index contributed by atoms with van der Waals surface area (Å²) in [6.07, 6.45) is 1.89. The van der Waals surface area contributed by atoms with Crippen molar-refractivity contribution in [3.8, 4) is 0 Å². The van der Waals surface area contributed by atoms with Crippen molar-refractivity contribution in [3.63, 3.8) is 0 Å². The number of hydrogen-bond donors (Lipinski definition) is 1. The van der Waals surface area contributed by atoms with Crippen molar-refractivity contribution in [1.82, 2.24) is 0 Å². The van der Waals surface area contributed by atoms with Crippen LogP contribution < -0.4 is 21.9 Å². The van der Waals surface area contributed by atoms with Crippen LogP contribution in [0.15, 0.2) is 0 Å². The standard InChI is InChI=1S/C5H9NO.BrH/c1-6-4-2-3-5(6)7;/h2-4H2,1H3;1H. The molecule has 48 valence electrons. The largest absolute Gasteiger partial charge is 1.00 e. The molecule has 1 heterocycles. The smallest absolute Gasteiger partial charge is 0.312 e. The third-order valence-electron chi connectivity index (χ3n) is 1.43. The van der Waals surface area contributed by atoms with Crippen molar-refractivity contribution in [1.29, 1.82) is 0 Å². The van der Waals surface area contributed by atoms with Crippen molar-refractivity contribution >= 4 is 5.91 Å². The first-order chi connectivity index (χ1) is 3.30. The molecule has 1 rings (SSSR count). The number of nitrogens with one attached hydrogen (secondary N) is 1. The summed E-state index contributed by atoms with van der Waals surface area (Å²) in [6, 6.07) is 0. The van der Waals surface area contributed by atoms with Crippen LogP contribution in [0.4, 0.5) is 0 Å². The van der Waals surface area contributed by atoms with E-state index in [-0.39, 0.29) is 17.0 Å². The first-order valence-electron chi connectivity index (χ1n) is 2.66. The lowest BCUT2D eigenvalue weighted by Gasteiger charge is -1.96. The highest BCUT2D eigenvalue weighted by Crippen LogP contribution is 1.87. The average Bonchev–Trinajstić information content (AvgIpc) is 1.91. The molecule has 1 amide bonds. The maximum absolute atomic E-state index is 10.5. The Hall–Kier alpha value is 0.110. The fraction of sp³-hybridized carbons (Fsp3) is 0.800. The van der Waals surface area contributed by atoms with Crippen molar-refractivity contribution in [2.45, 2.75) is 12.8 Å². The Morgan fingerprint density at radius 1 is 1.62 bits per heavy atom. The summed E-state index contributed by atoms with van der Waals surface area (Å²) in [4.78, 5) is 11.6. The first-order valence-corrected chi connectivity index (χ1v) is 2.66. The van der Waals surface area contributed by atoms with E-state index in [0.717, 1.165) is 24.3 Å². The van der Waals surface area contributed by atoms with Gasteiger partial charge < -0.3 is 17.0 Å². The molecule has 0 saturated carbocycles. The molecule has 0 aromatic rings. The lowest BCUT2D eigenvalue weighted by atomic mass is 10.4. The van der Waals surface area contributed by atoms with Gasteiger partial charge in [0.15, 0.2) is 0 Å². The van der Waals surface area contributed by atoms with Gasteiger partial charge in [0.2, 0.25) is 0 Å². The Kier molecular flexibility index (Phi) is 3.24. The van der Waals surface area contributed by atoms with Crippen LogP contribution >= 0.6 is 0 Å². The van der Waals surface area contributed by atoms with E-state index in [0.29, 0.717) is 5.91 Å². The van der Waals surface area contributed by atoms with Crippen molar-refractivity contribution < 1.29 is 26.7 Å². The van der Waals surface area contributed by atoms with Gasteiger partial charge in [0.05, 0.1) is 20.0 Å². The Bertz CT molecular complexity index is 94.4. The molecule has 1 aliphatic heterocycles. The molecule has 0 aromatic carbocycles. The van der Waals surface area contributed by atoms with Crippen molar-refractivity contribution in [3.05, 3.63) is 0 Å². The lowest BCUT2D eigenvalue weighted by Crippen LogP contribution is -3.09. The molecule has 0 aliphatic carbocycles. The molecular formula is C5H10BrNO. The number of carbonyl (C=O) groups is 1. The van der Waals surface area contributed by atoms with E-state index >= 15 is 0 Å². The van der Waals surface area contributed by atoms with Crippen molar-refractivity contribution in [2.24, 2.45) is 0 Å². The van der Waals surface area contributed by atoms with Crippen LogP contribution in [0.2, 0.25) is 0 Å². The molecule has 0 aromatic heterocycles. The van der Waals surface area contributed by atoms with Crippen LogP contribution in [-0.4, -0.2) is 19.5 Å². The van der Waals surface area contributed by atoms with E-state index in [4.69, 9.17) is 0 Å². The van der Waals surface area contributed by atoms with Gasteiger partial charge in [0.25, 0.3) is 0 Å². The molecule has 1 aliphatic rings. The summed E-state index contributed by atoms with van der Waals surface area (Å²) in [7, 11) is 1.93. The van der Waals surface area contributed by atoms with Gasteiger partial charge in [-0.2, -0.15) is 0 Å². The summed E-state index contributed by atoms with van der Waals surface area (Å²) in [5.74, 6) is 0.375. The molecule has 1 unspecified atom stereocenters. The fourth-order valence-electron chi connectivity index (χ4n) is 0.867. The number of likely N-dealkylation sites (tertiary alicyclic amines) is 1. The molecule has 0 radical (unpaired) electrons. The minimum absolute atomic E-state index is 0. The molecule has 1 saturated heterocycles. The average molecular weight is 180 g/mol. The Balaban J connectivity index is 0.000000490. The predicted molar refractivity (Wildman–Crippen MR) is 26.0 cm³/mol. The van der Waals surface area contributed by atoms with Gasteiger partial charge in [-0.05, 0) is 0 Å². The summed E-state index contributed by atoms with van der Waals surface area (Å²) in [5, 5.41) is 0. The minimum Gasteiger partial charge on any atom is -1.00 e. The zero-order valence-corrected chi connectivity index (χ0v) is 6.49. The second-order valence-electron chi connectivity index (χ2n) is 2.06. The fourth-order valence-corrected chi connectivity index (χ4v) is 0.867. The second-order valence-corrected chi connectivity index (χ2v) is 2.06. The molecule has 1 fully saturated rings. The lowest BCUT2D eigenvalue weighted by molar-refractivity contribution is -0.788. The monoisotopic (exact) mass is 179 g/mol. The maximum atomic E-state index is 10.5. The number of carbonyl (C=O) groups excluding carboxylic acids is 1. The van der Waals surface area contributed by atoms with Gasteiger partial charge in [0.1, 0.15) is 0 Å². The van der Waals surface area contributed by atoms with Gasteiger partial charge in [-0.15, -0.1) is 0 Å². The normalized spacial score (nSPS) is 27.6. The number of halogens is 1. The third kappa shape index (κ3) is 1.56. The summed E-state index contributed by atoms with van der Waals surface area (Å²) in [5.41, 5.74) is 0. The summed E-state index contributed by atoms with van der Waals surface area (Å²) in [6.45, 7) is 1.04. The molecule has 1 atom stereocenters. The molecule has 0 spiro atoms. The van der Waals surface area contributed by atoms with E-state index in [9.17, 15) is 4.79 Å². The van der Waals surface area contributed by atoms with Crippen LogP contribution in [-0.2, 0) is 4.79 Å². The van der Waals surface area contributed by atoms with E-state index in [1.165, 1.54) is 0 Å². The van der Waals surface area contributed by atoms with E-state index in [2.05, 4.69) is 0 Å². The Morgan fingerprint density at radius 3 is 2.38 bits per heavy atom. The van der Waals surface area contributed by atoms with Crippen LogP contribution in [0.5, 0.6) is 0 Å². The van der Waals surface area contributed by atoms with Crippen LogP contribution in [0, 0.1) is 0 Å². The Labute approximate surface area is 59.6 Å². The third-order valence-corrected chi connectivity index (χ3v) is 1.43. The highest BCUT2D eigenvalue weighted by molar-refractivity contribution is 5.67. The van der Waals surface area contributed by atoms with Crippen molar-refractivity contribution in [2.75, 3.05) is 13.6 Å². The molecular weight excluding hydrogens is 170 g/mol. The zero-order chi connectivity index (χ0) is 5.28. The second kappa shape index (κ2) is 3.20. The van der Waals surface area contributed by atoms with E-state index in [1.54, 1.807) is 0 Å². The van der Waals surface area contributed by atoms with Gasteiger partial charge in [-0.3, -0.25) is 4.90 Å². The minimum atomic E-state index is 0. The molecule has 1 N–H and O–H groups in total. The molecule has 0 bridgehead atoms. The summed E-state index contributed by atoms with van der Waals surface area (Å²) >= 11 is 0. The van der Waals surface area contributed by atoms with Gasteiger partial charge >= 0.3 is 5.91 Å².